The van der Waals surface area contributed by atoms with Crippen LogP contribution in [0.2, 0.25) is 0 Å². The molecule has 4 rings (SSSR count). The van der Waals surface area contributed by atoms with Crippen LogP contribution in [0.5, 0.6) is 5.75 Å². The molecule has 1 heterocycles. The van der Waals surface area contributed by atoms with E-state index in [0.29, 0.717) is 19.4 Å². The third-order valence-electron chi connectivity index (χ3n) is 5.15. The van der Waals surface area contributed by atoms with Gasteiger partial charge in [-0.05, 0) is 54.3 Å². The number of nitrogens with one attached hydrogen (secondary N) is 1. The minimum Gasteiger partial charge on any atom is -0.493 e. The summed E-state index contributed by atoms with van der Waals surface area (Å²) in [6, 6.07) is 11.1. The van der Waals surface area contributed by atoms with Crippen molar-refractivity contribution in [3.05, 3.63) is 59.4 Å². The van der Waals surface area contributed by atoms with E-state index in [9.17, 15) is 12.8 Å². The Bertz CT molecular complexity index is 887. The summed E-state index contributed by atoms with van der Waals surface area (Å²) >= 11 is 0. The van der Waals surface area contributed by atoms with Gasteiger partial charge in [-0.2, -0.15) is 0 Å². The van der Waals surface area contributed by atoms with Crippen LogP contribution in [0, 0.1) is 5.82 Å². The van der Waals surface area contributed by atoms with Gasteiger partial charge in [-0.25, -0.2) is 17.5 Å². The predicted octanol–water partition coefficient (Wildman–Crippen LogP) is 3.51. The van der Waals surface area contributed by atoms with Crippen molar-refractivity contribution in [2.75, 3.05) is 6.61 Å². The van der Waals surface area contributed by atoms with Gasteiger partial charge in [0.05, 0.1) is 17.0 Å². The molecule has 1 aliphatic carbocycles. The second-order valence-electron chi connectivity index (χ2n) is 6.77. The SMILES string of the molecule is O=S(=O)(NC1(c2ccc(F)cc2)CCCC1)c1ccc2c(c1)CCO2. The highest BCUT2D eigenvalue weighted by Gasteiger charge is 2.39. The Hall–Kier alpha value is -1.92. The monoisotopic (exact) mass is 361 g/mol. The minimum atomic E-state index is -3.68. The lowest BCUT2D eigenvalue weighted by atomic mass is 9.89. The van der Waals surface area contributed by atoms with E-state index in [1.165, 1.54) is 12.1 Å². The number of halogens is 1. The van der Waals surface area contributed by atoms with Crippen LogP contribution in [0.3, 0.4) is 0 Å². The van der Waals surface area contributed by atoms with E-state index in [1.807, 2.05) is 0 Å². The van der Waals surface area contributed by atoms with Crippen molar-refractivity contribution in [2.24, 2.45) is 0 Å². The predicted molar refractivity (Wildman–Crippen MR) is 92.5 cm³/mol. The van der Waals surface area contributed by atoms with Crippen molar-refractivity contribution in [2.45, 2.75) is 42.5 Å². The molecule has 0 spiro atoms. The van der Waals surface area contributed by atoms with Crippen molar-refractivity contribution < 1.29 is 17.5 Å². The Morgan fingerprint density at radius 3 is 2.48 bits per heavy atom. The maximum Gasteiger partial charge on any atom is 0.241 e. The fourth-order valence-electron chi connectivity index (χ4n) is 3.84. The lowest BCUT2D eigenvalue weighted by Gasteiger charge is -2.30. The molecule has 1 N–H and O–H groups in total. The first-order chi connectivity index (χ1) is 12.0. The van der Waals surface area contributed by atoms with Gasteiger partial charge < -0.3 is 4.74 Å². The molecular weight excluding hydrogens is 341 g/mol. The smallest absolute Gasteiger partial charge is 0.241 e. The molecule has 1 fully saturated rings. The largest absolute Gasteiger partial charge is 0.493 e. The third-order valence-corrected chi connectivity index (χ3v) is 6.69. The van der Waals surface area contributed by atoms with Crippen molar-refractivity contribution in [1.29, 1.82) is 0 Å². The summed E-state index contributed by atoms with van der Waals surface area (Å²) in [5, 5.41) is 0. The van der Waals surface area contributed by atoms with E-state index >= 15 is 0 Å². The maximum absolute atomic E-state index is 13.3. The second-order valence-corrected chi connectivity index (χ2v) is 8.45. The molecule has 0 radical (unpaired) electrons. The minimum absolute atomic E-state index is 0.255. The third kappa shape index (κ3) is 3.04. The van der Waals surface area contributed by atoms with Crippen LogP contribution < -0.4 is 9.46 Å². The molecule has 4 nitrogen and oxygen atoms in total. The number of hydrogen-bond donors (Lipinski definition) is 1. The molecule has 0 aromatic heterocycles. The van der Waals surface area contributed by atoms with Crippen LogP contribution in [0.4, 0.5) is 4.39 Å². The normalized spacial score (nSPS) is 18.8. The van der Waals surface area contributed by atoms with Crippen LogP contribution in [-0.4, -0.2) is 15.0 Å². The van der Waals surface area contributed by atoms with Gasteiger partial charge in [-0.1, -0.05) is 25.0 Å². The number of ether oxygens (including phenoxy) is 1. The van der Waals surface area contributed by atoms with Crippen molar-refractivity contribution in [1.82, 2.24) is 4.72 Å². The highest BCUT2D eigenvalue weighted by molar-refractivity contribution is 7.89. The van der Waals surface area contributed by atoms with Gasteiger partial charge >= 0.3 is 0 Å². The van der Waals surface area contributed by atoms with Crippen LogP contribution >= 0.6 is 0 Å². The van der Waals surface area contributed by atoms with Gasteiger partial charge in [0.25, 0.3) is 0 Å². The second kappa shape index (κ2) is 6.11. The number of rotatable bonds is 4. The number of sulfonamides is 1. The van der Waals surface area contributed by atoms with Gasteiger partial charge in [0.15, 0.2) is 0 Å². The van der Waals surface area contributed by atoms with Gasteiger partial charge in [0.1, 0.15) is 11.6 Å². The topological polar surface area (TPSA) is 55.4 Å². The Balaban J connectivity index is 1.69. The van der Waals surface area contributed by atoms with E-state index in [1.54, 1.807) is 30.3 Å². The standard InChI is InChI=1S/C19H20FNO3S/c20-16-5-3-15(4-6-16)19(10-1-2-11-19)21-25(22,23)17-7-8-18-14(13-17)9-12-24-18/h3-8,13,21H,1-2,9-12H2. The van der Waals surface area contributed by atoms with Crippen molar-refractivity contribution >= 4 is 10.0 Å². The summed E-state index contributed by atoms with van der Waals surface area (Å²) in [4.78, 5) is 0.255. The van der Waals surface area contributed by atoms with Crippen LogP contribution in [0.25, 0.3) is 0 Å². The summed E-state index contributed by atoms with van der Waals surface area (Å²) in [5.41, 5.74) is 1.08. The Morgan fingerprint density at radius 1 is 1.04 bits per heavy atom. The Morgan fingerprint density at radius 2 is 1.76 bits per heavy atom. The molecular formula is C19H20FNO3S. The molecule has 0 amide bonds. The molecule has 2 aromatic carbocycles. The van der Waals surface area contributed by atoms with Gasteiger partial charge in [-0.3, -0.25) is 0 Å². The van der Waals surface area contributed by atoms with Gasteiger partial charge in [-0.15, -0.1) is 0 Å². The Kier molecular flexibility index (Phi) is 4.04. The molecule has 132 valence electrons. The van der Waals surface area contributed by atoms with Gasteiger partial charge in [0.2, 0.25) is 10.0 Å². The first kappa shape index (κ1) is 16.5. The molecule has 0 saturated heterocycles. The highest BCUT2D eigenvalue weighted by atomic mass is 32.2. The summed E-state index contributed by atoms with van der Waals surface area (Å²) in [5.74, 6) is 0.437. The quantitative estimate of drug-likeness (QED) is 0.907. The van der Waals surface area contributed by atoms with E-state index in [0.717, 1.165) is 36.1 Å². The lowest BCUT2D eigenvalue weighted by Crippen LogP contribution is -2.43. The zero-order chi connectivity index (χ0) is 17.5. The molecule has 1 saturated carbocycles. The molecule has 6 heteroatoms. The molecule has 25 heavy (non-hydrogen) atoms. The lowest BCUT2D eigenvalue weighted by molar-refractivity contribution is 0.356. The zero-order valence-corrected chi connectivity index (χ0v) is 14.6. The molecule has 0 bridgehead atoms. The van der Waals surface area contributed by atoms with Crippen LogP contribution in [-0.2, 0) is 22.0 Å². The van der Waals surface area contributed by atoms with E-state index < -0.39 is 15.6 Å². The fourth-order valence-corrected chi connectivity index (χ4v) is 5.34. The first-order valence-corrected chi connectivity index (χ1v) is 10.0. The molecule has 2 aromatic rings. The van der Waals surface area contributed by atoms with Crippen molar-refractivity contribution in [3.63, 3.8) is 0 Å². The summed E-state index contributed by atoms with van der Waals surface area (Å²) in [7, 11) is -3.68. The summed E-state index contributed by atoms with van der Waals surface area (Å²) in [6.07, 6.45) is 4.04. The molecule has 1 aliphatic heterocycles. The van der Waals surface area contributed by atoms with E-state index in [2.05, 4.69) is 4.72 Å². The fraction of sp³-hybridized carbons (Fsp3) is 0.368. The van der Waals surface area contributed by atoms with Crippen molar-refractivity contribution in [3.8, 4) is 5.75 Å². The Labute approximate surface area is 147 Å². The van der Waals surface area contributed by atoms with E-state index in [4.69, 9.17) is 4.74 Å². The molecule has 0 atom stereocenters. The van der Waals surface area contributed by atoms with Crippen LogP contribution in [0.1, 0.15) is 36.8 Å². The number of hydrogen-bond acceptors (Lipinski definition) is 3. The van der Waals surface area contributed by atoms with Gasteiger partial charge in [0, 0.05) is 6.42 Å². The average Bonchev–Trinajstić information content (AvgIpc) is 3.24. The number of fused-ring (bicyclic) bond motifs is 1. The average molecular weight is 361 g/mol. The highest BCUT2D eigenvalue weighted by Crippen LogP contribution is 2.40. The molecule has 2 aliphatic rings. The first-order valence-electron chi connectivity index (χ1n) is 8.54. The zero-order valence-electron chi connectivity index (χ0n) is 13.8. The van der Waals surface area contributed by atoms with E-state index in [-0.39, 0.29) is 10.7 Å². The number of benzene rings is 2. The maximum atomic E-state index is 13.3. The van der Waals surface area contributed by atoms with Crippen LogP contribution in [0.15, 0.2) is 47.4 Å². The summed E-state index contributed by atoms with van der Waals surface area (Å²) in [6.45, 7) is 0.589. The molecule has 0 unspecified atom stereocenters. The summed E-state index contributed by atoms with van der Waals surface area (Å²) < 4.78 is 47.7.